The zero-order valence-corrected chi connectivity index (χ0v) is 17.0. The summed E-state index contributed by atoms with van der Waals surface area (Å²) in [6.45, 7) is 1.53. The van der Waals surface area contributed by atoms with Crippen molar-refractivity contribution in [3.63, 3.8) is 0 Å². The fourth-order valence-electron chi connectivity index (χ4n) is 3.04. The molecule has 1 N–H and O–H groups in total. The second kappa shape index (κ2) is 8.68. The van der Waals surface area contributed by atoms with Crippen LogP contribution in [-0.4, -0.2) is 41.2 Å². The number of halogens is 4. The number of nitrogens with one attached hydrogen (secondary N) is 1. The minimum Gasteiger partial charge on any atom is -0.432 e. The Morgan fingerprint density at radius 1 is 1.17 bits per heavy atom. The van der Waals surface area contributed by atoms with E-state index in [9.17, 15) is 21.6 Å². The summed E-state index contributed by atoms with van der Waals surface area (Å²) in [7, 11) is -4.33. The van der Waals surface area contributed by atoms with Crippen LogP contribution in [0.2, 0.25) is 0 Å². The minimum absolute atomic E-state index is 0.126. The Balaban J connectivity index is 1.99. The molecule has 1 heterocycles. The number of anilines is 2. The van der Waals surface area contributed by atoms with Gasteiger partial charge in [0.25, 0.3) is 10.0 Å². The predicted molar refractivity (Wildman–Crippen MR) is 105 cm³/mol. The van der Waals surface area contributed by atoms with Gasteiger partial charge in [0.2, 0.25) is 0 Å². The summed E-state index contributed by atoms with van der Waals surface area (Å²) in [5.74, 6) is -1.56. The smallest absolute Gasteiger partial charge is 0.387 e. The molecule has 1 fully saturated rings. The number of hydrogen-bond acceptors (Lipinski definition) is 5. The quantitative estimate of drug-likeness (QED) is 0.684. The maximum Gasteiger partial charge on any atom is 0.387 e. The number of piperazine rings is 1. The van der Waals surface area contributed by atoms with Crippen molar-refractivity contribution in [3.05, 3.63) is 47.8 Å². The molecule has 0 bridgehead atoms. The monoisotopic (exact) mass is 449 g/mol. The Morgan fingerprint density at radius 2 is 1.86 bits per heavy atom. The molecule has 2 aromatic carbocycles. The van der Waals surface area contributed by atoms with E-state index in [2.05, 4.69) is 10.1 Å². The fourth-order valence-corrected chi connectivity index (χ4v) is 4.52. The Morgan fingerprint density at radius 3 is 2.52 bits per heavy atom. The molecule has 0 saturated carbocycles. The number of benzene rings is 2. The van der Waals surface area contributed by atoms with Gasteiger partial charge in [-0.1, -0.05) is 6.07 Å². The standard InChI is InChI=1S/C18H19ClF3N3O3S/c1-12-2-4-14(11-16(12)24-8-6-23-7-9-24)29(26,27)25(19)15-5-3-13(20)10-17(15)28-18(21)22/h2-5,10-11,18,23H,6-9H2,1H3. The van der Waals surface area contributed by atoms with E-state index in [1.165, 1.54) is 12.1 Å². The third kappa shape index (κ3) is 4.71. The van der Waals surface area contributed by atoms with Crippen molar-refractivity contribution in [2.75, 3.05) is 34.9 Å². The highest BCUT2D eigenvalue weighted by Crippen LogP contribution is 2.36. The summed E-state index contributed by atoms with van der Waals surface area (Å²) in [4.78, 5) is 1.92. The Bertz CT molecular complexity index is 986. The summed E-state index contributed by atoms with van der Waals surface area (Å²) in [5, 5.41) is 3.22. The molecule has 158 valence electrons. The van der Waals surface area contributed by atoms with Crippen molar-refractivity contribution in [3.8, 4) is 5.75 Å². The highest BCUT2D eigenvalue weighted by molar-refractivity contribution is 7.94. The molecule has 0 aromatic heterocycles. The molecule has 1 aliphatic rings. The van der Waals surface area contributed by atoms with E-state index in [0.717, 1.165) is 36.5 Å². The van der Waals surface area contributed by atoms with Crippen LogP contribution in [0.3, 0.4) is 0 Å². The average molecular weight is 450 g/mol. The lowest BCUT2D eigenvalue weighted by Crippen LogP contribution is -2.43. The van der Waals surface area contributed by atoms with Crippen LogP contribution in [0.25, 0.3) is 0 Å². The number of rotatable bonds is 6. The SMILES string of the molecule is Cc1ccc(S(=O)(=O)N(Cl)c2ccc(F)cc2OC(F)F)cc1N1CCNCC1. The number of alkyl halides is 2. The molecule has 29 heavy (non-hydrogen) atoms. The maximum absolute atomic E-state index is 13.4. The maximum atomic E-state index is 13.4. The van der Waals surface area contributed by atoms with Gasteiger partial charge in [-0.2, -0.15) is 21.0 Å². The molecule has 6 nitrogen and oxygen atoms in total. The summed E-state index contributed by atoms with van der Waals surface area (Å²) in [6, 6.07) is 7.03. The van der Waals surface area contributed by atoms with E-state index in [0.29, 0.717) is 19.2 Å². The normalized spacial score (nSPS) is 14.9. The van der Waals surface area contributed by atoms with E-state index in [1.54, 1.807) is 6.07 Å². The van der Waals surface area contributed by atoms with Crippen LogP contribution >= 0.6 is 11.8 Å². The van der Waals surface area contributed by atoms with Crippen LogP contribution < -0.4 is 18.8 Å². The van der Waals surface area contributed by atoms with Crippen LogP contribution in [0.5, 0.6) is 5.75 Å². The molecule has 11 heteroatoms. The molecule has 1 saturated heterocycles. The largest absolute Gasteiger partial charge is 0.432 e. The lowest BCUT2D eigenvalue weighted by atomic mass is 10.1. The van der Waals surface area contributed by atoms with Crippen molar-refractivity contribution >= 4 is 33.2 Å². The van der Waals surface area contributed by atoms with E-state index in [1.807, 2.05) is 11.8 Å². The second-order valence-electron chi connectivity index (χ2n) is 6.40. The van der Waals surface area contributed by atoms with Crippen molar-refractivity contribution in [2.45, 2.75) is 18.4 Å². The zero-order chi connectivity index (χ0) is 21.2. The van der Waals surface area contributed by atoms with Crippen molar-refractivity contribution in [2.24, 2.45) is 0 Å². The van der Waals surface area contributed by atoms with Gasteiger partial charge in [0, 0.05) is 49.7 Å². The van der Waals surface area contributed by atoms with Crippen LogP contribution in [0, 0.1) is 12.7 Å². The summed E-state index contributed by atoms with van der Waals surface area (Å²) >= 11 is 6.03. The van der Waals surface area contributed by atoms with Gasteiger partial charge < -0.3 is 15.0 Å². The summed E-state index contributed by atoms with van der Waals surface area (Å²) < 4.78 is 69.3. The van der Waals surface area contributed by atoms with Crippen LogP contribution in [-0.2, 0) is 10.0 Å². The second-order valence-corrected chi connectivity index (χ2v) is 8.72. The van der Waals surface area contributed by atoms with Crippen molar-refractivity contribution in [1.29, 1.82) is 0 Å². The molecule has 0 amide bonds. The highest BCUT2D eigenvalue weighted by Gasteiger charge is 2.28. The van der Waals surface area contributed by atoms with E-state index < -0.39 is 33.9 Å². The van der Waals surface area contributed by atoms with Crippen LogP contribution in [0.15, 0.2) is 41.3 Å². The first kappa shape index (κ1) is 21.5. The van der Waals surface area contributed by atoms with Crippen LogP contribution in [0.1, 0.15) is 5.56 Å². The molecular formula is C18H19ClF3N3O3S. The number of sulfonamides is 1. The molecule has 0 unspecified atom stereocenters. The van der Waals surface area contributed by atoms with Crippen molar-refractivity contribution < 1.29 is 26.3 Å². The van der Waals surface area contributed by atoms with Gasteiger partial charge in [0.15, 0.2) is 5.75 Å². The lowest BCUT2D eigenvalue weighted by molar-refractivity contribution is -0.0495. The zero-order valence-electron chi connectivity index (χ0n) is 15.4. The van der Waals surface area contributed by atoms with Gasteiger partial charge in [-0.3, -0.25) is 0 Å². The average Bonchev–Trinajstić information content (AvgIpc) is 2.68. The lowest BCUT2D eigenvalue weighted by Gasteiger charge is -2.31. The van der Waals surface area contributed by atoms with Gasteiger partial charge in [-0.15, -0.1) is 0 Å². The molecular weight excluding hydrogens is 431 g/mol. The number of aryl methyl sites for hydroxylation is 1. The first-order valence-corrected chi connectivity index (χ1v) is 10.5. The van der Waals surface area contributed by atoms with Crippen molar-refractivity contribution in [1.82, 2.24) is 5.32 Å². The molecule has 0 aliphatic carbocycles. The molecule has 0 spiro atoms. The molecule has 2 aromatic rings. The van der Waals surface area contributed by atoms with Gasteiger partial charge in [-0.05, 0) is 36.8 Å². The molecule has 0 radical (unpaired) electrons. The molecule has 3 rings (SSSR count). The van der Waals surface area contributed by atoms with Gasteiger partial charge in [0.05, 0.1) is 4.90 Å². The van der Waals surface area contributed by atoms with Crippen LogP contribution in [0.4, 0.5) is 24.5 Å². The fraction of sp³-hybridized carbons (Fsp3) is 0.333. The van der Waals surface area contributed by atoms with E-state index in [-0.39, 0.29) is 8.72 Å². The third-order valence-electron chi connectivity index (χ3n) is 4.47. The minimum atomic E-state index is -4.33. The first-order valence-electron chi connectivity index (χ1n) is 8.72. The Kier molecular flexibility index (Phi) is 6.45. The first-order chi connectivity index (χ1) is 13.7. The van der Waals surface area contributed by atoms with Gasteiger partial charge >= 0.3 is 6.61 Å². The van der Waals surface area contributed by atoms with E-state index in [4.69, 9.17) is 11.8 Å². The number of hydrogen-bond donors (Lipinski definition) is 1. The predicted octanol–water partition coefficient (Wildman–Crippen LogP) is 3.49. The molecule has 1 aliphatic heterocycles. The summed E-state index contributed by atoms with van der Waals surface area (Å²) in [5.41, 5.74) is 1.20. The highest BCUT2D eigenvalue weighted by atomic mass is 35.5. The van der Waals surface area contributed by atoms with Gasteiger partial charge in [-0.25, -0.2) is 4.39 Å². The van der Waals surface area contributed by atoms with E-state index >= 15 is 0 Å². The number of ether oxygens (including phenoxy) is 1. The summed E-state index contributed by atoms with van der Waals surface area (Å²) in [6.07, 6.45) is 0. The Labute approximate surface area is 172 Å². The van der Waals surface area contributed by atoms with Gasteiger partial charge in [0.1, 0.15) is 11.5 Å². The molecule has 0 atom stereocenters. The third-order valence-corrected chi connectivity index (χ3v) is 6.67. The Hall–Kier alpha value is -2.17. The topological polar surface area (TPSA) is 61.9 Å². The number of nitrogens with zero attached hydrogens (tertiary/aromatic N) is 2.